The van der Waals surface area contributed by atoms with Gasteiger partial charge in [-0.25, -0.2) is 4.98 Å². The molecule has 8 nitrogen and oxygen atoms in total. The van der Waals surface area contributed by atoms with E-state index < -0.39 is 17.7 Å². The molecule has 188 valence electrons. The van der Waals surface area contributed by atoms with E-state index in [0.29, 0.717) is 53.8 Å². The number of imidazole rings is 1. The lowest BCUT2D eigenvalue weighted by Gasteiger charge is -2.26. The van der Waals surface area contributed by atoms with Gasteiger partial charge < -0.3 is 24.0 Å². The van der Waals surface area contributed by atoms with Crippen LogP contribution >= 0.6 is 11.6 Å². The summed E-state index contributed by atoms with van der Waals surface area (Å²) in [6.45, 7) is 3.47. The van der Waals surface area contributed by atoms with E-state index in [9.17, 15) is 14.7 Å². The summed E-state index contributed by atoms with van der Waals surface area (Å²) < 4.78 is 13.2. The number of aromatic nitrogens is 2. The third-order valence-electron chi connectivity index (χ3n) is 6.00. The molecule has 0 radical (unpaired) electrons. The first kappa shape index (κ1) is 25.3. The molecule has 0 bridgehead atoms. The van der Waals surface area contributed by atoms with Gasteiger partial charge >= 0.3 is 0 Å². The highest BCUT2D eigenvalue weighted by Gasteiger charge is 2.46. The normalized spacial score (nSPS) is 17.0. The molecule has 9 heteroatoms. The fourth-order valence-electron chi connectivity index (χ4n) is 4.25. The topological polar surface area (TPSA) is 93.9 Å². The van der Waals surface area contributed by atoms with Gasteiger partial charge in [0.25, 0.3) is 11.7 Å². The number of carbonyl (C=O) groups excluding carboxylic acids is 2. The molecule has 1 atom stereocenters. The number of methoxy groups -OCH3 is 1. The number of carbonyl (C=O) groups is 2. The number of likely N-dealkylation sites (tertiary alicyclic amines) is 1. The van der Waals surface area contributed by atoms with Crippen LogP contribution in [-0.4, -0.2) is 51.5 Å². The van der Waals surface area contributed by atoms with E-state index in [1.165, 1.54) is 12.0 Å². The minimum atomic E-state index is -0.794. The van der Waals surface area contributed by atoms with Crippen molar-refractivity contribution in [1.29, 1.82) is 0 Å². The number of rotatable bonds is 10. The zero-order chi connectivity index (χ0) is 25.7. The maximum absolute atomic E-state index is 13.2. The first-order chi connectivity index (χ1) is 17.4. The van der Waals surface area contributed by atoms with Crippen LogP contribution in [0.2, 0.25) is 5.02 Å². The number of Topliss-reactive ketones (excluding diaryl/α,β-unsaturated/α-hetero) is 1. The molecule has 0 saturated carbocycles. The number of ketones is 1. The molecule has 0 aliphatic carbocycles. The highest BCUT2D eigenvalue weighted by Crippen LogP contribution is 2.42. The van der Waals surface area contributed by atoms with E-state index in [1.807, 2.05) is 17.7 Å². The van der Waals surface area contributed by atoms with Crippen LogP contribution in [0.15, 0.2) is 66.8 Å². The molecule has 0 unspecified atom stereocenters. The number of hydrogen-bond donors (Lipinski definition) is 1. The predicted molar refractivity (Wildman–Crippen MR) is 136 cm³/mol. The van der Waals surface area contributed by atoms with Crippen LogP contribution in [0, 0.1) is 0 Å². The summed E-state index contributed by atoms with van der Waals surface area (Å²) in [6.07, 6.45) is 6.66. The molecule has 1 aromatic heterocycles. The van der Waals surface area contributed by atoms with Crippen LogP contribution in [0.3, 0.4) is 0 Å². The Bertz CT molecular complexity index is 1250. The molecule has 36 heavy (non-hydrogen) atoms. The Hall–Kier alpha value is -3.78. The minimum Gasteiger partial charge on any atom is -0.507 e. The van der Waals surface area contributed by atoms with E-state index in [1.54, 1.807) is 55.0 Å². The van der Waals surface area contributed by atoms with Gasteiger partial charge in [0.05, 0.1) is 31.7 Å². The summed E-state index contributed by atoms with van der Waals surface area (Å²) in [6, 6.07) is 11.0. The molecule has 1 N–H and O–H groups in total. The van der Waals surface area contributed by atoms with Gasteiger partial charge in [0, 0.05) is 36.1 Å². The molecule has 1 fully saturated rings. The maximum Gasteiger partial charge on any atom is 0.295 e. The Morgan fingerprint density at radius 1 is 1.11 bits per heavy atom. The van der Waals surface area contributed by atoms with Crippen LogP contribution in [0.1, 0.15) is 36.9 Å². The predicted octanol–water partition coefficient (Wildman–Crippen LogP) is 4.85. The Labute approximate surface area is 214 Å². The lowest BCUT2D eigenvalue weighted by Crippen LogP contribution is -2.31. The molecule has 4 rings (SSSR count). The quantitative estimate of drug-likeness (QED) is 0.238. The van der Waals surface area contributed by atoms with Gasteiger partial charge in [-0.05, 0) is 54.8 Å². The fourth-order valence-corrected chi connectivity index (χ4v) is 4.37. The molecule has 1 amide bonds. The zero-order valence-corrected chi connectivity index (χ0v) is 20.9. The second-order valence-electron chi connectivity index (χ2n) is 8.41. The Morgan fingerprint density at radius 2 is 1.89 bits per heavy atom. The number of aliphatic hydroxyl groups excluding tert-OH is 1. The molecule has 1 aliphatic rings. The van der Waals surface area contributed by atoms with Crippen molar-refractivity contribution < 1.29 is 24.2 Å². The number of hydrogen-bond acceptors (Lipinski definition) is 6. The summed E-state index contributed by atoms with van der Waals surface area (Å²) in [5.41, 5.74) is 1.05. The first-order valence-corrected chi connectivity index (χ1v) is 12.1. The van der Waals surface area contributed by atoms with Crippen molar-refractivity contribution in [3.63, 3.8) is 0 Å². The third-order valence-corrected chi connectivity index (χ3v) is 6.25. The summed E-state index contributed by atoms with van der Waals surface area (Å²) in [4.78, 5) is 31.9. The van der Waals surface area contributed by atoms with Gasteiger partial charge in [0.15, 0.2) is 11.5 Å². The van der Waals surface area contributed by atoms with E-state index in [2.05, 4.69) is 4.98 Å². The summed E-state index contributed by atoms with van der Waals surface area (Å²) >= 11 is 6.00. The van der Waals surface area contributed by atoms with Crippen LogP contribution in [-0.2, 0) is 16.1 Å². The summed E-state index contributed by atoms with van der Waals surface area (Å²) in [5, 5.41) is 11.7. The van der Waals surface area contributed by atoms with Crippen LogP contribution < -0.4 is 9.47 Å². The van der Waals surface area contributed by atoms with Gasteiger partial charge in [-0.1, -0.05) is 24.6 Å². The van der Waals surface area contributed by atoms with E-state index in [-0.39, 0.29) is 11.3 Å². The van der Waals surface area contributed by atoms with Gasteiger partial charge in [-0.3, -0.25) is 9.59 Å². The minimum absolute atomic E-state index is 0.0224. The Kier molecular flexibility index (Phi) is 7.95. The maximum atomic E-state index is 13.2. The lowest BCUT2D eigenvalue weighted by molar-refractivity contribution is -0.139. The molecule has 1 aliphatic heterocycles. The average molecular weight is 510 g/mol. The van der Waals surface area contributed by atoms with Gasteiger partial charge in [-0.2, -0.15) is 0 Å². The number of halogens is 1. The zero-order valence-electron chi connectivity index (χ0n) is 20.2. The number of benzene rings is 2. The smallest absolute Gasteiger partial charge is 0.295 e. The van der Waals surface area contributed by atoms with Crippen molar-refractivity contribution in [3.05, 3.63) is 82.9 Å². The van der Waals surface area contributed by atoms with Crippen molar-refractivity contribution in [2.45, 2.75) is 32.4 Å². The third kappa shape index (κ3) is 5.23. The highest BCUT2D eigenvalue weighted by molar-refractivity contribution is 6.46. The fraction of sp³-hybridized carbons (Fsp3) is 0.296. The van der Waals surface area contributed by atoms with Crippen LogP contribution in [0.5, 0.6) is 11.5 Å². The highest BCUT2D eigenvalue weighted by atomic mass is 35.5. The number of ether oxygens (including phenoxy) is 2. The van der Waals surface area contributed by atoms with Crippen molar-refractivity contribution >= 4 is 29.1 Å². The lowest BCUT2D eigenvalue weighted by atomic mass is 9.95. The van der Waals surface area contributed by atoms with E-state index in [4.69, 9.17) is 21.1 Å². The van der Waals surface area contributed by atoms with E-state index >= 15 is 0 Å². The van der Waals surface area contributed by atoms with Crippen LogP contribution in [0.25, 0.3) is 5.76 Å². The van der Waals surface area contributed by atoms with Crippen molar-refractivity contribution in [3.8, 4) is 11.5 Å². The second kappa shape index (κ2) is 11.3. The number of nitrogens with zero attached hydrogens (tertiary/aromatic N) is 3. The summed E-state index contributed by atoms with van der Waals surface area (Å²) in [7, 11) is 1.54. The molecular formula is C27H28ClN3O5. The van der Waals surface area contributed by atoms with E-state index in [0.717, 1.165) is 6.42 Å². The van der Waals surface area contributed by atoms with Crippen molar-refractivity contribution in [1.82, 2.24) is 14.5 Å². The Balaban J connectivity index is 1.75. The summed E-state index contributed by atoms with van der Waals surface area (Å²) in [5.74, 6) is -0.599. The monoisotopic (exact) mass is 509 g/mol. The molecule has 2 heterocycles. The van der Waals surface area contributed by atoms with Gasteiger partial charge in [-0.15, -0.1) is 0 Å². The number of aliphatic hydroxyl groups is 1. The van der Waals surface area contributed by atoms with Crippen LogP contribution in [0.4, 0.5) is 0 Å². The molecule has 3 aromatic rings. The second-order valence-corrected chi connectivity index (χ2v) is 8.85. The Morgan fingerprint density at radius 3 is 2.56 bits per heavy atom. The standard InChI is InChI=1S/C27H28ClN3O5/c1-3-15-36-21-10-7-19(16-22(21)35-2)24-23(25(32)18-5-8-20(28)9-6-18)26(33)27(34)31(24)13-4-12-30-14-11-29-17-30/h5-11,14,16-17,24,32H,3-4,12-13,15H2,1-2H3/b25-23+/t24-/m1/s1. The van der Waals surface area contributed by atoms with Gasteiger partial charge in [0.1, 0.15) is 5.76 Å². The SMILES string of the molecule is CCCOc1ccc([C@@H]2/C(=C(\O)c3ccc(Cl)cc3)C(=O)C(=O)N2CCCn2ccnc2)cc1OC. The van der Waals surface area contributed by atoms with Crippen molar-refractivity contribution in [2.24, 2.45) is 0 Å². The molecule has 2 aromatic carbocycles. The van der Waals surface area contributed by atoms with Gasteiger partial charge in [0.2, 0.25) is 0 Å². The molecular weight excluding hydrogens is 482 g/mol. The number of amides is 1. The molecule has 1 saturated heterocycles. The largest absolute Gasteiger partial charge is 0.507 e. The van der Waals surface area contributed by atoms with Crippen molar-refractivity contribution in [2.75, 3.05) is 20.3 Å². The first-order valence-electron chi connectivity index (χ1n) is 11.8. The average Bonchev–Trinajstić information content (AvgIpc) is 3.49. The molecule has 0 spiro atoms. The number of aryl methyl sites for hydroxylation is 1.